The van der Waals surface area contributed by atoms with Crippen LogP contribution < -0.4 is 11.3 Å². The third kappa shape index (κ3) is 3.09. The summed E-state index contributed by atoms with van der Waals surface area (Å²) in [6.07, 6.45) is 0. The van der Waals surface area contributed by atoms with Gasteiger partial charge in [0.05, 0.1) is 11.4 Å². The molecule has 21 heavy (non-hydrogen) atoms. The molecule has 0 radical (unpaired) electrons. The van der Waals surface area contributed by atoms with Crippen LogP contribution in [0, 0.1) is 0 Å². The molecule has 0 unspecified atom stereocenters. The fourth-order valence-corrected chi connectivity index (χ4v) is 2.30. The molecule has 0 aliphatic heterocycles. The maximum absolute atomic E-state index is 5.49. The van der Waals surface area contributed by atoms with E-state index in [0.29, 0.717) is 5.95 Å². The first-order valence-electron chi connectivity index (χ1n) is 6.43. The summed E-state index contributed by atoms with van der Waals surface area (Å²) in [5.41, 5.74) is 6.21. The number of hydrogen-bond donors (Lipinski definition) is 2. The zero-order valence-corrected chi connectivity index (χ0v) is 12.7. The van der Waals surface area contributed by atoms with E-state index < -0.39 is 0 Å². The predicted octanol–water partition coefficient (Wildman–Crippen LogP) is 3.86. The lowest BCUT2D eigenvalue weighted by Crippen LogP contribution is -2.11. The molecule has 0 aliphatic rings. The number of anilines is 1. The highest BCUT2D eigenvalue weighted by molar-refractivity contribution is 9.10. The average Bonchev–Trinajstić information content (AvgIpc) is 2.56. The van der Waals surface area contributed by atoms with E-state index in [1.165, 1.54) is 0 Å². The van der Waals surface area contributed by atoms with Gasteiger partial charge in [0.2, 0.25) is 5.95 Å². The van der Waals surface area contributed by atoms with Gasteiger partial charge in [0.15, 0.2) is 0 Å². The van der Waals surface area contributed by atoms with Crippen molar-refractivity contribution < 1.29 is 0 Å². The Labute approximate surface area is 131 Å². The van der Waals surface area contributed by atoms with Gasteiger partial charge >= 0.3 is 0 Å². The quantitative estimate of drug-likeness (QED) is 0.561. The average molecular weight is 341 g/mol. The molecular weight excluding hydrogens is 328 g/mol. The number of nitrogen functional groups attached to an aromatic ring is 1. The Morgan fingerprint density at radius 1 is 0.810 bits per heavy atom. The van der Waals surface area contributed by atoms with Crippen LogP contribution in [0.15, 0.2) is 65.1 Å². The van der Waals surface area contributed by atoms with Gasteiger partial charge in [0.1, 0.15) is 0 Å². The van der Waals surface area contributed by atoms with E-state index in [1.54, 1.807) is 0 Å². The van der Waals surface area contributed by atoms with E-state index in [4.69, 9.17) is 5.84 Å². The molecule has 0 spiro atoms. The molecule has 5 heteroatoms. The van der Waals surface area contributed by atoms with Gasteiger partial charge < -0.3 is 0 Å². The minimum atomic E-state index is 0.397. The molecule has 0 aliphatic carbocycles. The largest absolute Gasteiger partial charge is 0.292 e. The Balaban J connectivity index is 2.11. The zero-order valence-electron chi connectivity index (χ0n) is 11.1. The van der Waals surface area contributed by atoms with Gasteiger partial charge in [-0.3, -0.25) is 5.43 Å². The highest BCUT2D eigenvalue weighted by Gasteiger charge is 2.07. The van der Waals surface area contributed by atoms with Crippen molar-refractivity contribution in [2.75, 3.05) is 5.43 Å². The number of nitrogens with zero attached hydrogens (tertiary/aromatic N) is 2. The standard InChI is InChI=1S/C16H13BrN4/c17-13-8-6-12(7-9-13)15-10-14(19-16(20-15)21-18)11-4-2-1-3-5-11/h1-10H,18H2,(H,19,20,21). The topological polar surface area (TPSA) is 63.8 Å². The highest BCUT2D eigenvalue weighted by atomic mass is 79.9. The molecule has 1 heterocycles. The van der Waals surface area contributed by atoms with Crippen molar-refractivity contribution >= 4 is 21.9 Å². The Hall–Kier alpha value is -2.24. The van der Waals surface area contributed by atoms with E-state index in [-0.39, 0.29) is 0 Å². The lowest BCUT2D eigenvalue weighted by atomic mass is 10.1. The molecule has 2 aromatic carbocycles. The summed E-state index contributed by atoms with van der Waals surface area (Å²) in [7, 11) is 0. The third-order valence-corrected chi connectivity index (χ3v) is 3.59. The third-order valence-electron chi connectivity index (χ3n) is 3.06. The second-order valence-corrected chi connectivity index (χ2v) is 5.39. The van der Waals surface area contributed by atoms with E-state index in [9.17, 15) is 0 Å². The number of benzene rings is 2. The van der Waals surface area contributed by atoms with Crippen LogP contribution in [0.1, 0.15) is 0 Å². The lowest BCUT2D eigenvalue weighted by molar-refractivity contribution is 1.12. The first-order valence-corrected chi connectivity index (χ1v) is 7.22. The van der Waals surface area contributed by atoms with Crippen LogP contribution in [-0.4, -0.2) is 9.97 Å². The minimum Gasteiger partial charge on any atom is -0.292 e. The molecule has 0 saturated heterocycles. The SMILES string of the molecule is NNc1nc(-c2ccccc2)cc(-c2ccc(Br)cc2)n1. The van der Waals surface area contributed by atoms with Gasteiger partial charge in [-0.1, -0.05) is 58.4 Å². The molecular formula is C16H13BrN4. The normalized spacial score (nSPS) is 10.4. The van der Waals surface area contributed by atoms with Crippen LogP contribution in [0.5, 0.6) is 0 Å². The Morgan fingerprint density at radius 3 is 1.95 bits per heavy atom. The van der Waals surface area contributed by atoms with Gasteiger partial charge in [-0.25, -0.2) is 15.8 Å². The molecule has 104 valence electrons. The van der Waals surface area contributed by atoms with Crippen molar-refractivity contribution in [2.45, 2.75) is 0 Å². The molecule has 3 N–H and O–H groups in total. The number of rotatable bonds is 3. The van der Waals surface area contributed by atoms with Crippen LogP contribution >= 0.6 is 15.9 Å². The monoisotopic (exact) mass is 340 g/mol. The predicted molar refractivity (Wildman–Crippen MR) is 88.4 cm³/mol. The molecule has 0 atom stereocenters. The van der Waals surface area contributed by atoms with Crippen LogP contribution in [-0.2, 0) is 0 Å². The molecule has 0 amide bonds. The van der Waals surface area contributed by atoms with Crippen LogP contribution in [0.3, 0.4) is 0 Å². The van der Waals surface area contributed by atoms with Gasteiger partial charge in [-0.15, -0.1) is 0 Å². The van der Waals surface area contributed by atoms with Gasteiger partial charge in [0, 0.05) is 15.6 Å². The van der Waals surface area contributed by atoms with Crippen molar-refractivity contribution in [3.05, 3.63) is 65.1 Å². The van der Waals surface area contributed by atoms with E-state index in [0.717, 1.165) is 27.0 Å². The van der Waals surface area contributed by atoms with Crippen molar-refractivity contribution in [1.29, 1.82) is 0 Å². The summed E-state index contributed by atoms with van der Waals surface area (Å²) in [6, 6.07) is 19.9. The van der Waals surface area contributed by atoms with Crippen molar-refractivity contribution in [3.63, 3.8) is 0 Å². The van der Waals surface area contributed by atoms with Gasteiger partial charge in [-0.05, 0) is 18.2 Å². The van der Waals surface area contributed by atoms with Gasteiger partial charge in [-0.2, -0.15) is 0 Å². The van der Waals surface area contributed by atoms with E-state index in [1.807, 2.05) is 60.7 Å². The number of hydrazine groups is 1. The van der Waals surface area contributed by atoms with Crippen LogP contribution in [0.2, 0.25) is 0 Å². The molecule has 1 aromatic heterocycles. The number of hydrogen-bond acceptors (Lipinski definition) is 4. The molecule has 3 rings (SSSR count). The highest BCUT2D eigenvalue weighted by Crippen LogP contribution is 2.25. The van der Waals surface area contributed by atoms with E-state index >= 15 is 0 Å². The fraction of sp³-hybridized carbons (Fsp3) is 0. The second-order valence-electron chi connectivity index (χ2n) is 4.48. The number of aromatic nitrogens is 2. The Bertz CT molecular complexity index is 742. The molecule has 0 saturated carbocycles. The van der Waals surface area contributed by atoms with E-state index in [2.05, 4.69) is 31.3 Å². The van der Waals surface area contributed by atoms with Crippen molar-refractivity contribution in [3.8, 4) is 22.5 Å². The first-order chi connectivity index (χ1) is 10.3. The van der Waals surface area contributed by atoms with Crippen molar-refractivity contribution in [1.82, 2.24) is 9.97 Å². The summed E-state index contributed by atoms with van der Waals surface area (Å²) in [5, 5.41) is 0. The summed E-state index contributed by atoms with van der Waals surface area (Å²) in [5.74, 6) is 5.88. The Morgan fingerprint density at radius 2 is 1.38 bits per heavy atom. The number of nitrogens with two attached hydrogens (primary N) is 1. The lowest BCUT2D eigenvalue weighted by Gasteiger charge is -2.08. The number of halogens is 1. The molecule has 4 nitrogen and oxygen atoms in total. The fourth-order valence-electron chi connectivity index (χ4n) is 2.04. The van der Waals surface area contributed by atoms with Crippen LogP contribution in [0.4, 0.5) is 5.95 Å². The first kappa shape index (κ1) is 13.7. The maximum atomic E-state index is 5.49. The molecule has 0 bridgehead atoms. The summed E-state index contributed by atoms with van der Waals surface area (Å²) in [6.45, 7) is 0. The minimum absolute atomic E-state index is 0.397. The summed E-state index contributed by atoms with van der Waals surface area (Å²) in [4.78, 5) is 8.82. The van der Waals surface area contributed by atoms with Crippen LogP contribution in [0.25, 0.3) is 22.5 Å². The van der Waals surface area contributed by atoms with Crippen molar-refractivity contribution in [2.24, 2.45) is 5.84 Å². The summed E-state index contributed by atoms with van der Waals surface area (Å²) >= 11 is 3.43. The Kier molecular flexibility index (Phi) is 3.94. The zero-order chi connectivity index (χ0) is 14.7. The summed E-state index contributed by atoms with van der Waals surface area (Å²) < 4.78 is 1.03. The molecule has 0 fully saturated rings. The number of nitrogens with one attached hydrogen (secondary N) is 1. The molecule has 3 aromatic rings. The smallest absolute Gasteiger partial charge is 0.238 e. The second kappa shape index (κ2) is 6.03. The van der Waals surface area contributed by atoms with Gasteiger partial charge in [0.25, 0.3) is 0 Å². The maximum Gasteiger partial charge on any atom is 0.238 e.